The molecule has 0 aromatic heterocycles. The average molecular weight is 228 g/mol. The van der Waals surface area contributed by atoms with E-state index in [4.69, 9.17) is 0 Å². The lowest BCUT2D eigenvalue weighted by Crippen LogP contribution is -2.22. The van der Waals surface area contributed by atoms with Crippen LogP contribution in [-0.4, -0.2) is 17.9 Å². The molecule has 1 aliphatic rings. The van der Waals surface area contributed by atoms with Crippen molar-refractivity contribution in [3.8, 4) is 0 Å². The maximum absolute atomic E-state index is 11.8. The zero-order valence-corrected chi connectivity index (χ0v) is 9.47. The minimum atomic E-state index is -0.489. The van der Waals surface area contributed by atoms with Crippen LogP contribution in [0.5, 0.6) is 0 Å². The van der Waals surface area contributed by atoms with Crippen LogP contribution in [0.2, 0.25) is 0 Å². The van der Waals surface area contributed by atoms with Crippen molar-refractivity contribution in [2.45, 2.75) is 13.3 Å². The molecule has 0 saturated heterocycles. The molecule has 3 heteroatoms. The van der Waals surface area contributed by atoms with Gasteiger partial charge in [0.05, 0.1) is 0 Å². The molecule has 0 amide bonds. The molecule has 17 heavy (non-hydrogen) atoms. The van der Waals surface area contributed by atoms with Crippen LogP contribution in [-0.2, 0) is 9.59 Å². The van der Waals surface area contributed by atoms with E-state index in [0.29, 0.717) is 17.6 Å². The predicted molar refractivity (Wildman–Crippen MR) is 63.6 cm³/mol. The quantitative estimate of drug-likeness (QED) is 0.587. The molecule has 1 aromatic rings. The number of carbonyl (C=O) groups excluding carboxylic acids is 3. The smallest absolute Gasteiger partial charge is 0.233 e. The molecule has 0 unspecified atom stereocenters. The monoisotopic (exact) mass is 228 g/mol. The number of ketones is 2. The van der Waals surface area contributed by atoms with Crippen LogP contribution in [0, 0.1) is 5.92 Å². The molecule has 1 atom stereocenters. The molecule has 1 aliphatic carbocycles. The van der Waals surface area contributed by atoms with E-state index in [0.717, 1.165) is 11.8 Å². The summed E-state index contributed by atoms with van der Waals surface area (Å²) in [5.74, 6) is -1.21. The minimum absolute atomic E-state index is 0.247. The van der Waals surface area contributed by atoms with Crippen LogP contribution < -0.4 is 0 Å². The second-order valence-electron chi connectivity index (χ2n) is 4.23. The number of benzene rings is 1. The summed E-state index contributed by atoms with van der Waals surface area (Å²) in [6.45, 7) is 1.73. The van der Waals surface area contributed by atoms with Gasteiger partial charge in [0.1, 0.15) is 6.29 Å². The second kappa shape index (κ2) is 4.45. The van der Waals surface area contributed by atoms with E-state index in [1.54, 1.807) is 31.2 Å². The normalized spacial score (nSPS) is 16.2. The molecule has 2 rings (SSSR count). The van der Waals surface area contributed by atoms with E-state index in [9.17, 15) is 14.4 Å². The van der Waals surface area contributed by atoms with Crippen molar-refractivity contribution in [3.05, 3.63) is 41.0 Å². The Bertz CT molecular complexity index is 526. The maximum atomic E-state index is 11.8. The van der Waals surface area contributed by atoms with Crippen LogP contribution in [0.3, 0.4) is 0 Å². The highest BCUT2D eigenvalue weighted by Gasteiger charge is 2.27. The van der Waals surface area contributed by atoms with Gasteiger partial charge in [-0.15, -0.1) is 0 Å². The highest BCUT2D eigenvalue weighted by atomic mass is 16.2. The third kappa shape index (κ3) is 2.09. The molecule has 1 aromatic carbocycles. The van der Waals surface area contributed by atoms with E-state index in [1.165, 1.54) is 0 Å². The van der Waals surface area contributed by atoms with Crippen molar-refractivity contribution in [2.24, 2.45) is 5.92 Å². The molecule has 0 heterocycles. The van der Waals surface area contributed by atoms with Crippen LogP contribution in [0.25, 0.3) is 6.08 Å². The molecule has 0 saturated carbocycles. The number of Topliss-reactive ketones (excluding diaryl/α,β-unsaturated/α-hetero) is 2. The molecular weight excluding hydrogens is 216 g/mol. The molecule has 0 radical (unpaired) electrons. The summed E-state index contributed by atoms with van der Waals surface area (Å²) >= 11 is 0. The maximum Gasteiger partial charge on any atom is 0.233 e. The van der Waals surface area contributed by atoms with Crippen LogP contribution in [0.4, 0.5) is 0 Å². The van der Waals surface area contributed by atoms with Gasteiger partial charge in [-0.1, -0.05) is 31.2 Å². The molecule has 0 spiro atoms. The van der Waals surface area contributed by atoms with Crippen molar-refractivity contribution in [2.75, 3.05) is 0 Å². The van der Waals surface area contributed by atoms with E-state index in [-0.39, 0.29) is 5.92 Å². The molecule has 86 valence electrons. The zero-order valence-electron chi connectivity index (χ0n) is 9.47. The van der Waals surface area contributed by atoms with E-state index in [2.05, 4.69) is 0 Å². The summed E-state index contributed by atoms with van der Waals surface area (Å²) < 4.78 is 0. The van der Waals surface area contributed by atoms with Crippen molar-refractivity contribution < 1.29 is 14.4 Å². The minimum Gasteiger partial charge on any atom is -0.303 e. The fourth-order valence-electron chi connectivity index (χ4n) is 1.90. The van der Waals surface area contributed by atoms with Crippen LogP contribution in [0.1, 0.15) is 29.3 Å². The van der Waals surface area contributed by atoms with Gasteiger partial charge < -0.3 is 4.79 Å². The first kappa shape index (κ1) is 11.5. The first-order valence-corrected chi connectivity index (χ1v) is 5.47. The number of carbonyl (C=O) groups is 3. The molecule has 0 fully saturated rings. The highest BCUT2D eigenvalue weighted by Crippen LogP contribution is 2.25. The van der Waals surface area contributed by atoms with Gasteiger partial charge in [-0.3, -0.25) is 9.59 Å². The Kier molecular flexibility index (Phi) is 3.00. The number of allylic oxidation sites excluding steroid dienone is 1. The summed E-state index contributed by atoms with van der Waals surface area (Å²) in [6, 6.07) is 6.99. The fourth-order valence-corrected chi connectivity index (χ4v) is 1.90. The van der Waals surface area contributed by atoms with Crippen molar-refractivity contribution >= 4 is 23.9 Å². The number of fused-ring (bicyclic) bond motifs is 1. The molecule has 0 aliphatic heterocycles. The van der Waals surface area contributed by atoms with Crippen LogP contribution in [0.15, 0.2) is 29.8 Å². The largest absolute Gasteiger partial charge is 0.303 e. The van der Waals surface area contributed by atoms with Gasteiger partial charge in [-0.2, -0.15) is 0 Å². The number of rotatable bonds is 3. The van der Waals surface area contributed by atoms with Crippen molar-refractivity contribution in [3.63, 3.8) is 0 Å². The first-order valence-electron chi connectivity index (χ1n) is 5.47. The van der Waals surface area contributed by atoms with Crippen molar-refractivity contribution in [1.82, 2.24) is 0 Å². The number of aldehydes is 1. The van der Waals surface area contributed by atoms with Gasteiger partial charge in [0.2, 0.25) is 11.6 Å². The highest BCUT2D eigenvalue weighted by molar-refractivity contribution is 6.51. The Labute approximate surface area is 99.1 Å². The molecule has 3 nitrogen and oxygen atoms in total. The predicted octanol–water partition coefficient (Wildman–Crippen LogP) is 2.06. The summed E-state index contributed by atoms with van der Waals surface area (Å²) in [6.07, 6.45) is 2.82. The topological polar surface area (TPSA) is 51.2 Å². The van der Waals surface area contributed by atoms with E-state index >= 15 is 0 Å². The van der Waals surface area contributed by atoms with Gasteiger partial charge in [0.15, 0.2) is 0 Å². The lowest BCUT2D eigenvalue weighted by Gasteiger charge is -2.15. The standard InChI is InChI=1S/C14H12O3/c1-9(8-15)6-11-7-10-4-2-3-5-12(10)14(17)13(11)16/h2-5,7-9H,6H2,1H3/t9-/m1/s1. The number of hydrogen-bond acceptors (Lipinski definition) is 3. The summed E-state index contributed by atoms with van der Waals surface area (Å²) in [4.78, 5) is 34.2. The van der Waals surface area contributed by atoms with E-state index < -0.39 is 11.6 Å². The van der Waals surface area contributed by atoms with Crippen LogP contribution >= 0.6 is 0 Å². The van der Waals surface area contributed by atoms with Gasteiger partial charge in [0.25, 0.3) is 0 Å². The fraction of sp³-hybridized carbons (Fsp3) is 0.214. The van der Waals surface area contributed by atoms with Gasteiger partial charge in [-0.05, 0) is 18.1 Å². The average Bonchev–Trinajstić information content (AvgIpc) is 2.35. The number of hydrogen-bond donors (Lipinski definition) is 0. The van der Waals surface area contributed by atoms with E-state index in [1.807, 2.05) is 6.07 Å². The van der Waals surface area contributed by atoms with Gasteiger partial charge in [0, 0.05) is 17.1 Å². The van der Waals surface area contributed by atoms with Gasteiger partial charge in [-0.25, -0.2) is 0 Å². The lowest BCUT2D eigenvalue weighted by molar-refractivity contribution is -0.112. The first-order chi connectivity index (χ1) is 8.13. The zero-order chi connectivity index (χ0) is 12.4. The summed E-state index contributed by atoms with van der Waals surface area (Å²) in [7, 11) is 0. The summed E-state index contributed by atoms with van der Waals surface area (Å²) in [5.41, 5.74) is 1.62. The summed E-state index contributed by atoms with van der Waals surface area (Å²) in [5, 5.41) is 0. The molecular formula is C14H12O3. The Hall–Kier alpha value is -2.03. The Balaban J connectivity index is 2.42. The third-order valence-corrected chi connectivity index (χ3v) is 2.81. The third-order valence-electron chi connectivity index (χ3n) is 2.81. The van der Waals surface area contributed by atoms with Crippen molar-refractivity contribution in [1.29, 1.82) is 0 Å². The SMILES string of the molecule is C[C@@H](C=O)CC1=Cc2ccccc2C(=O)C1=O. The Morgan fingerprint density at radius 1 is 1.18 bits per heavy atom. The Morgan fingerprint density at radius 3 is 2.59 bits per heavy atom. The van der Waals surface area contributed by atoms with Gasteiger partial charge >= 0.3 is 0 Å². The molecule has 0 N–H and O–H groups in total. The lowest BCUT2D eigenvalue weighted by atomic mass is 9.86. The Morgan fingerprint density at radius 2 is 1.88 bits per heavy atom. The second-order valence-corrected chi connectivity index (χ2v) is 4.23. The molecule has 0 bridgehead atoms.